The number of amides is 2. The van der Waals surface area contributed by atoms with E-state index >= 15 is 0 Å². The zero-order chi connectivity index (χ0) is 19.8. The van der Waals surface area contributed by atoms with E-state index in [4.69, 9.17) is 0 Å². The fraction of sp³-hybridized carbons (Fsp3) is 0.400. The topological polar surface area (TPSA) is 67.1 Å². The minimum atomic E-state index is -0.321. The highest BCUT2D eigenvalue weighted by molar-refractivity contribution is 7.09. The Morgan fingerprint density at radius 3 is 2.21 bits per heavy atom. The van der Waals surface area contributed by atoms with Gasteiger partial charge in [0.15, 0.2) is 13.1 Å². The van der Waals surface area contributed by atoms with Crippen LogP contribution in [0.2, 0.25) is 0 Å². The van der Waals surface area contributed by atoms with Crippen LogP contribution in [0.3, 0.4) is 0 Å². The second kappa shape index (κ2) is 10.3. The summed E-state index contributed by atoms with van der Waals surface area (Å²) in [7, 11) is 0. The van der Waals surface area contributed by atoms with Crippen molar-refractivity contribution in [1.82, 2.24) is 5.32 Å². The van der Waals surface area contributed by atoms with Crippen molar-refractivity contribution in [3.63, 3.8) is 0 Å². The molecule has 0 spiro atoms. The molecule has 6 nitrogen and oxygen atoms in total. The first-order valence-electron chi connectivity index (χ1n) is 9.60. The molecule has 1 fully saturated rings. The fourth-order valence-electron chi connectivity index (χ4n) is 3.35. The summed E-state index contributed by atoms with van der Waals surface area (Å²) in [4.78, 5) is 28.0. The third-order valence-corrected chi connectivity index (χ3v) is 5.82. The minimum Gasteiger partial charge on any atom is -0.351 e. The van der Waals surface area contributed by atoms with E-state index in [9.17, 15) is 14.0 Å². The number of carbonyl (C=O) groups excluding carboxylic acids is 2. The van der Waals surface area contributed by atoms with Crippen LogP contribution in [0.15, 0.2) is 41.8 Å². The number of halogens is 1. The van der Waals surface area contributed by atoms with Gasteiger partial charge in [-0.2, -0.15) is 0 Å². The van der Waals surface area contributed by atoms with E-state index in [0.29, 0.717) is 25.3 Å². The summed E-state index contributed by atoms with van der Waals surface area (Å²) in [5.41, 5.74) is 0.606. The van der Waals surface area contributed by atoms with Gasteiger partial charge in [-0.1, -0.05) is 6.07 Å². The van der Waals surface area contributed by atoms with Gasteiger partial charge < -0.3 is 20.4 Å². The molecule has 1 aliphatic rings. The predicted octanol–water partition coefficient (Wildman–Crippen LogP) is -1.03. The van der Waals surface area contributed by atoms with Crippen LogP contribution < -0.4 is 20.4 Å². The summed E-state index contributed by atoms with van der Waals surface area (Å²) < 4.78 is 12.9. The molecule has 2 amide bonds. The molecular weight excluding hydrogens is 379 g/mol. The number of piperazine rings is 1. The van der Waals surface area contributed by atoms with Gasteiger partial charge >= 0.3 is 0 Å². The Labute approximate surface area is 168 Å². The van der Waals surface area contributed by atoms with Crippen molar-refractivity contribution in [2.75, 3.05) is 51.1 Å². The number of carbonyl (C=O) groups is 2. The van der Waals surface area contributed by atoms with Crippen LogP contribution in [0, 0.1) is 5.82 Å². The SMILES string of the molecule is O=C(C[NH+]1CC[NH+](CC(=O)Nc2ccc(F)cc2)CC1)NCCc1cccs1. The number of anilines is 1. The Balaban J connectivity index is 1.30. The molecule has 0 saturated carbocycles. The lowest BCUT2D eigenvalue weighted by molar-refractivity contribution is -1.00. The monoisotopic (exact) mass is 406 g/mol. The van der Waals surface area contributed by atoms with Crippen LogP contribution in [0.25, 0.3) is 0 Å². The summed E-state index contributed by atoms with van der Waals surface area (Å²) in [6, 6.07) is 9.87. The first kappa shape index (κ1) is 20.4. The Bertz CT molecular complexity index is 759. The third kappa shape index (κ3) is 6.70. The van der Waals surface area contributed by atoms with Crippen LogP contribution in [0.5, 0.6) is 0 Å². The van der Waals surface area contributed by atoms with Gasteiger partial charge in [-0.15, -0.1) is 11.3 Å². The summed E-state index contributed by atoms with van der Waals surface area (Å²) in [6.07, 6.45) is 0.875. The highest BCUT2D eigenvalue weighted by atomic mass is 32.1. The van der Waals surface area contributed by atoms with Crippen LogP contribution in [0.4, 0.5) is 10.1 Å². The molecule has 150 valence electrons. The van der Waals surface area contributed by atoms with Crippen molar-refractivity contribution < 1.29 is 23.8 Å². The van der Waals surface area contributed by atoms with E-state index in [1.54, 1.807) is 23.5 Å². The largest absolute Gasteiger partial charge is 0.351 e. The lowest BCUT2D eigenvalue weighted by atomic mass is 10.3. The molecule has 8 heteroatoms. The van der Waals surface area contributed by atoms with Gasteiger partial charge in [0.1, 0.15) is 32.0 Å². The minimum absolute atomic E-state index is 0.0728. The van der Waals surface area contributed by atoms with E-state index in [2.05, 4.69) is 16.7 Å². The maximum absolute atomic E-state index is 12.9. The van der Waals surface area contributed by atoms with Crippen molar-refractivity contribution in [1.29, 1.82) is 0 Å². The molecule has 2 aromatic rings. The first-order valence-corrected chi connectivity index (χ1v) is 10.5. The van der Waals surface area contributed by atoms with Crippen LogP contribution >= 0.6 is 11.3 Å². The van der Waals surface area contributed by atoms with Crippen molar-refractivity contribution in [3.8, 4) is 0 Å². The Hall–Kier alpha value is -2.29. The maximum Gasteiger partial charge on any atom is 0.279 e. The molecule has 1 aromatic heterocycles. The lowest BCUT2D eigenvalue weighted by Gasteiger charge is -2.28. The molecule has 3 rings (SSSR count). The van der Waals surface area contributed by atoms with Crippen LogP contribution in [-0.2, 0) is 16.0 Å². The Morgan fingerprint density at radius 1 is 0.964 bits per heavy atom. The van der Waals surface area contributed by atoms with Gasteiger partial charge in [-0.25, -0.2) is 4.39 Å². The van der Waals surface area contributed by atoms with Gasteiger partial charge in [0.05, 0.1) is 0 Å². The number of benzene rings is 1. The average molecular weight is 407 g/mol. The molecule has 0 bridgehead atoms. The predicted molar refractivity (Wildman–Crippen MR) is 107 cm³/mol. The van der Waals surface area contributed by atoms with Gasteiger partial charge in [-0.3, -0.25) is 9.59 Å². The molecule has 1 saturated heterocycles. The average Bonchev–Trinajstić information content (AvgIpc) is 3.19. The van der Waals surface area contributed by atoms with E-state index in [0.717, 1.165) is 32.6 Å². The number of quaternary nitrogens is 2. The number of hydrogen-bond acceptors (Lipinski definition) is 3. The molecule has 1 aliphatic heterocycles. The number of thiophene rings is 1. The highest BCUT2D eigenvalue weighted by Gasteiger charge is 2.26. The summed E-state index contributed by atoms with van der Waals surface area (Å²) in [5, 5.41) is 7.83. The summed E-state index contributed by atoms with van der Waals surface area (Å²) in [5.74, 6) is -0.307. The van der Waals surface area contributed by atoms with Gasteiger partial charge in [0.25, 0.3) is 11.8 Å². The maximum atomic E-state index is 12.9. The zero-order valence-corrected chi connectivity index (χ0v) is 16.6. The van der Waals surface area contributed by atoms with Gasteiger partial charge in [0.2, 0.25) is 0 Å². The number of rotatable bonds is 8. The van der Waals surface area contributed by atoms with E-state index in [1.807, 2.05) is 11.4 Å². The fourth-order valence-corrected chi connectivity index (χ4v) is 4.05. The van der Waals surface area contributed by atoms with E-state index in [-0.39, 0.29) is 17.6 Å². The van der Waals surface area contributed by atoms with Gasteiger partial charge in [-0.05, 0) is 42.1 Å². The molecule has 0 unspecified atom stereocenters. The molecule has 1 aromatic carbocycles. The third-order valence-electron chi connectivity index (χ3n) is 4.89. The standard InChI is InChI=1S/C20H25FN4O2S/c21-16-3-5-17(6-4-16)23-20(27)15-25-11-9-24(10-12-25)14-19(26)22-8-7-18-2-1-13-28-18/h1-6,13H,7-12,14-15H2,(H,22,26)(H,23,27)/p+2. The first-order chi connectivity index (χ1) is 13.6. The van der Waals surface area contributed by atoms with E-state index in [1.165, 1.54) is 26.8 Å². The van der Waals surface area contributed by atoms with Crippen molar-refractivity contribution >= 4 is 28.8 Å². The number of nitrogens with one attached hydrogen (secondary N) is 4. The molecule has 28 heavy (non-hydrogen) atoms. The molecule has 0 radical (unpaired) electrons. The second-order valence-electron chi connectivity index (χ2n) is 7.09. The van der Waals surface area contributed by atoms with E-state index < -0.39 is 0 Å². The molecule has 4 N–H and O–H groups in total. The van der Waals surface area contributed by atoms with Crippen molar-refractivity contribution in [2.24, 2.45) is 0 Å². The van der Waals surface area contributed by atoms with Crippen LogP contribution in [0.1, 0.15) is 4.88 Å². The van der Waals surface area contributed by atoms with Gasteiger partial charge in [0, 0.05) is 17.1 Å². The Kier molecular flexibility index (Phi) is 7.53. The molecule has 0 aliphatic carbocycles. The Morgan fingerprint density at radius 2 is 1.61 bits per heavy atom. The quantitative estimate of drug-likeness (QED) is 0.453. The molecule has 0 atom stereocenters. The molecular formula is C20H27FN4O2S+2. The normalized spacial score (nSPS) is 19.2. The second-order valence-corrected chi connectivity index (χ2v) is 8.12. The smallest absolute Gasteiger partial charge is 0.279 e. The van der Waals surface area contributed by atoms with Crippen LogP contribution in [-0.4, -0.2) is 57.6 Å². The summed E-state index contributed by atoms with van der Waals surface area (Å²) in [6.45, 7) is 5.00. The van der Waals surface area contributed by atoms with Crippen molar-refractivity contribution in [3.05, 3.63) is 52.5 Å². The zero-order valence-electron chi connectivity index (χ0n) is 15.8. The molecule has 2 heterocycles. The van der Waals surface area contributed by atoms with Crippen molar-refractivity contribution in [2.45, 2.75) is 6.42 Å². The summed E-state index contributed by atoms with van der Waals surface area (Å²) >= 11 is 1.71. The lowest BCUT2D eigenvalue weighted by Crippen LogP contribution is -3.28. The highest BCUT2D eigenvalue weighted by Crippen LogP contribution is 2.08. The number of hydrogen-bond donors (Lipinski definition) is 4.